The first-order valence-corrected chi connectivity index (χ1v) is 7.20. The Kier molecular flexibility index (Phi) is 5.01. The van der Waals surface area contributed by atoms with E-state index in [2.05, 4.69) is 0 Å². The van der Waals surface area contributed by atoms with E-state index >= 15 is 0 Å². The van der Waals surface area contributed by atoms with Crippen LogP contribution in [0.1, 0.15) is 44.9 Å². The van der Waals surface area contributed by atoms with E-state index in [4.69, 9.17) is 4.74 Å². The van der Waals surface area contributed by atoms with Gasteiger partial charge in [0.1, 0.15) is 0 Å². The molecule has 0 bridgehead atoms. The predicted octanol–water partition coefficient (Wildman–Crippen LogP) is 1.56. The minimum atomic E-state index is -0.209. The molecule has 2 aliphatic rings. The highest BCUT2D eigenvalue weighted by Gasteiger charge is 2.38. The fourth-order valence-electron chi connectivity index (χ4n) is 3.47. The molecule has 3 atom stereocenters. The quantitative estimate of drug-likeness (QED) is 0.829. The van der Waals surface area contributed by atoms with Crippen LogP contribution in [0.2, 0.25) is 0 Å². The second-order valence-electron chi connectivity index (χ2n) is 5.56. The summed E-state index contributed by atoms with van der Waals surface area (Å²) in [6, 6.07) is 0.268. The van der Waals surface area contributed by atoms with Gasteiger partial charge >= 0.3 is 0 Å². The highest BCUT2D eigenvalue weighted by molar-refractivity contribution is 5.77. The largest absolute Gasteiger partial charge is 0.393 e. The van der Waals surface area contributed by atoms with Gasteiger partial charge in [-0.1, -0.05) is 12.8 Å². The predicted molar refractivity (Wildman–Crippen MR) is 69.2 cm³/mol. The smallest absolute Gasteiger partial charge is 0.225 e. The number of carbonyl (C=O) groups is 1. The van der Waals surface area contributed by atoms with E-state index in [0.717, 1.165) is 38.6 Å². The van der Waals surface area contributed by atoms with E-state index in [0.29, 0.717) is 18.9 Å². The number of amides is 1. The van der Waals surface area contributed by atoms with Crippen LogP contribution in [0.15, 0.2) is 0 Å². The van der Waals surface area contributed by atoms with E-state index in [1.54, 1.807) is 7.11 Å². The Balaban J connectivity index is 1.95. The Morgan fingerprint density at radius 3 is 2.78 bits per heavy atom. The van der Waals surface area contributed by atoms with Crippen molar-refractivity contribution in [2.75, 3.05) is 20.3 Å². The molecule has 4 heteroatoms. The zero-order valence-electron chi connectivity index (χ0n) is 11.3. The number of hydrogen-bond acceptors (Lipinski definition) is 3. The van der Waals surface area contributed by atoms with Crippen LogP contribution in [-0.4, -0.2) is 48.3 Å². The van der Waals surface area contributed by atoms with Crippen molar-refractivity contribution >= 4 is 5.91 Å². The van der Waals surface area contributed by atoms with Crippen LogP contribution >= 0.6 is 0 Å². The molecule has 0 aromatic carbocycles. The summed E-state index contributed by atoms with van der Waals surface area (Å²) in [5.41, 5.74) is 0. The van der Waals surface area contributed by atoms with Gasteiger partial charge in [0.25, 0.3) is 0 Å². The van der Waals surface area contributed by atoms with Gasteiger partial charge in [-0.3, -0.25) is 4.79 Å². The fraction of sp³-hybridized carbons (Fsp3) is 0.929. The Morgan fingerprint density at radius 2 is 2.06 bits per heavy atom. The number of rotatable bonds is 4. The minimum absolute atomic E-state index is 0.192. The summed E-state index contributed by atoms with van der Waals surface area (Å²) in [6.45, 7) is 1.35. The molecular weight excluding hydrogens is 230 g/mol. The molecule has 1 N–H and O–H groups in total. The average Bonchev–Trinajstić information content (AvgIpc) is 2.85. The van der Waals surface area contributed by atoms with Crippen molar-refractivity contribution in [1.82, 2.24) is 4.90 Å². The van der Waals surface area contributed by atoms with Crippen LogP contribution < -0.4 is 0 Å². The number of methoxy groups -OCH3 is 1. The topological polar surface area (TPSA) is 49.8 Å². The van der Waals surface area contributed by atoms with Gasteiger partial charge in [0.2, 0.25) is 5.91 Å². The summed E-state index contributed by atoms with van der Waals surface area (Å²) in [5.74, 6) is 0.491. The molecular formula is C14H25NO3. The van der Waals surface area contributed by atoms with Crippen LogP contribution in [0.5, 0.6) is 0 Å². The SMILES string of the molecule is COCCC(=O)N1CCCC1C1CCCCC1O. The van der Waals surface area contributed by atoms with Crippen LogP contribution in [0, 0.1) is 5.92 Å². The second kappa shape index (κ2) is 6.53. The van der Waals surface area contributed by atoms with Gasteiger partial charge in [-0.25, -0.2) is 0 Å². The average molecular weight is 255 g/mol. The third-order valence-corrected chi connectivity index (χ3v) is 4.42. The molecule has 3 unspecified atom stereocenters. The van der Waals surface area contributed by atoms with Crippen molar-refractivity contribution in [3.63, 3.8) is 0 Å². The first-order valence-electron chi connectivity index (χ1n) is 7.20. The lowest BCUT2D eigenvalue weighted by Crippen LogP contribution is -2.45. The molecule has 0 radical (unpaired) electrons. The van der Waals surface area contributed by atoms with E-state index in [-0.39, 0.29) is 18.1 Å². The van der Waals surface area contributed by atoms with E-state index < -0.39 is 0 Å². The van der Waals surface area contributed by atoms with Crippen LogP contribution in [0.4, 0.5) is 0 Å². The molecule has 1 saturated carbocycles. The number of likely N-dealkylation sites (tertiary alicyclic amines) is 1. The summed E-state index contributed by atoms with van der Waals surface area (Å²) in [4.78, 5) is 14.1. The number of carbonyl (C=O) groups excluding carboxylic acids is 1. The van der Waals surface area contributed by atoms with E-state index in [9.17, 15) is 9.90 Å². The Morgan fingerprint density at radius 1 is 1.28 bits per heavy atom. The lowest BCUT2D eigenvalue weighted by atomic mass is 9.80. The number of aliphatic hydroxyl groups is 1. The molecule has 0 aromatic heterocycles. The maximum absolute atomic E-state index is 12.1. The molecule has 1 saturated heterocycles. The van der Waals surface area contributed by atoms with Crippen molar-refractivity contribution in [2.24, 2.45) is 5.92 Å². The van der Waals surface area contributed by atoms with Crippen molar-refractivity contribution < 1.29 is 14.6 Å². The van der Waals surface area contributed by atoms with Crippen molar-refractivity contribution in [1.29, 1.82) is 0 Å². The molecule has 1 heterocycles. The number of aliphatic hydroxyl groups excluding tert-OH is 1. The molecule has 0 aromatic rings. The molecule has 2 rings (SSSR count). The third kappa shape index (κ3) is 3.04. The van der Waals surface area contributed by atoms with Crippen LogP contribution in [-0.2, 0) is 9.53 Å². The zero-order valence-corrected chi connectivity index (χ0v) is 11.3. The molecule has 104 valence electrons. The second-order valence-corrected chi connectivity index (χ2v) is 5.56. The highest BCUT2D eigenvalue weighted by atomic mass is 16.5. The maximum Gasteiger partial charge on any atom is 0.225 e. The maximum atomic E-state index is 12.1. The van der Waals surface area contributed by atoms with Crippen LogP contribution in [0.25, 0.3) is 0 Å². The van der Waals surface area contributed by atoms with Crippen molar-refractivity contribution in [2.45, 2.75) is 57.1 Å². The molecule has 1 aliphatic carbocycles. The summed E-state index contributed by atoms with van der Waals surface area (Å²) in [6.07, 6.45) is 6.68. The number of ether oxygens (including phenoxy) is 1. The summed E-state index contributed by atoms with van der Waals surface area (Å²) >= 11 is 0. The first-order chi connectivity index (χ1) is 8.74. The Bertz CT molecular complexity index is 282. The Labute approximate surface area is 109 Å². The molecule has 4 nitrogen and oxygen atoms in total. The normalized spacial score (nSPS) is 32.8. The molecule has 2 fully saturated rings. The van der Waals surface area contributed by atoms with Crippen LogP contribution in [0.3, 0.4) is 0 Å². The summed E-state index contributed by atoms with van der Waals surface area (Å²) < 4.78 is 4.98. The number of hydrogen-bond donors (Lipinski definition) is 1. The van der Waals surface area contributed by atoms with Gasteiger partial charge in [0.15, 0.2) is 0 Å². The first kappa shape index (κ1) is 13.8. The van der Waals surface area contributed by atoms with Gasteiger partial charge in [-0.15, -0.1) is 0 Å². The van der Waals surface area contributed by atoms with Gasteiger partial charge in [-0.2, -0.15) is 0 Å². The van der Waals surface area contributed by atoms with Gasteiger partial charge in [0.05, 0.1) is 19.1 Å². The summed E-state index contributed by atoms with van der Waals surface area (Å²) in [7, 11) is 1.62. The fourth-order valence-corrected chi connectivity index (χ4v) is 3.47. The van der Waals surface area contributed by atoms with Gasteiger partial charge < -0.3 is 14.7 Å². The van der Waals surface area contributed by atoms with E-state index in [1.807, 2.05) is 4.90 Å². The van der Waals surface area contributed by atoms with Crippen molar-refractivity contribution in [3.05, 3.63) is 0 Å². The van der Waals surface area contributed by atoms with Crippen molar-refractivity contribution in [3.8, 4) is 0 Å². The lowest BCUT2D eigenvalue weighted by Gasteiger charge is -2.37. The molecule has 0 spiro atoms. The monoisotopic (exact) mass is 255 g/mol. The molecule has 1 aliphatic heterocycles. The standard InChI is InChI=1S/C14H25NO3/c1-18-10-8-14(17)15-9-4-6-12(15)11-5-2-3-7-13(11)16/h11-13,16H,2-10H2,1H3. The van der Waals surface area contributed by atoms with Gasteiger partial charge in [-0.05, 0) is 25.7 Å². The Hall–Kier alpha value is -0.610. The molecule has 18 heavy (non-hydrogen) atoms. The van der Waals surface area contributed by atoms with E-state index in [1.165, 1.54) is 6.42 Å². The summed E-state index contributed by atoms with van der Waals surface area (Å²) in [5, 5.41) is 10.1. The third-order valence-electron chi connectivity index (χ3n) is 4.42. The zero-order chi connectivity index (χ0) is 13.0. The number of nitrogens with zero attached hydrogens (tertiary/aromatic N) is 1. The van der Waals surface area contributed by atoms with Gasteiger partial charge in [0, 0.05) is 25.6 Å². The molecule has 1 amide bonds. The lowest BCUT2D eigenvalue weighted by molar-refractivity contribution is -0.135. The minimum Gasteiger partial charge on any atom is -0.393 e. The highest BCUT2D eigenvalue weighted by Crippen LogP contribution is 2.34.